The molecular formula is C24H32N4O4. The first kappa shape index (κ1) is 22.3. The summed E-state index contributed by atoms with van der Waals surface area (Å²) >= 11 is 0. The second-order valence-electron chi connectivity index (χ2n) is 9.25. The van der Waals surface area contributed by atoms with Gasteiger partial charge in [-0.15, -0.1) is 0 Å². The van der Waals surface area contributed by atoms with E-state index in [0.29, 0.717) is 30.7 Å². The highest BCUT2D eigenvalue weighted by molar-refractivity contribution is 5.71. The maximum atomic E-state index is 13.2. The average Bonchev–Trinajstić information content (AvgIpc) is 3.34. The second-order valence-corrected chi connectivity index (χ2v) is 9.25. The van der Waals surface area contributed by atoms with Crippen LogP contribution in [-0.2, 0) is 26.6 Å². The van der Waals surface area contributed by atoms with E-state index >= 15 is 0 Å². The number of hydrogen-bond acceptors (Lipinski definition) is 5. The fraction of sp³-hybridized carbons (Fsp3) is 0.542. The van der Waals surface area contributed by atoms with Crippen LogP contribution >= 0.6 is 0 Å². The smallest absolute Gasteiger partial charge is 0.332 e. The number of imidazole rings is 1. The molecule has 1 aromatic carbocycles. The predicted octanol–water partition coefficient (Wildman–Crippen LogP) is 2.31. The van der Waals surface area contributed by atoms with E-state index in [0.717, 1.165) is 36.4 Å². The zero-order valence-electron chi connectivity index (χ0n) is 19.2. The zero-order chi connectivity index (χ0) is 23.0. The van der Waals surface area contributed by atoms with Gasteiger partial charge >= 0.3 is 5.69 Å². The monoisotopic (exact) mass is 440 g/mol. The van der Waals surface area contributed by atoms with Crippen LogP contribution in [0.5, 0.6) is 5.75 Å². The summed E-state index contributed by atoms with van der Waals surface area (Å²) < 4.78 is 9.98. The molecule has 0 aliphatic heterocycles. The first-order valence-electron chi connectivity index (χ1n) is 11.3. The quantitative estimate of drug-likeness (QED) is 0.609. The van der Waals surface area contributed by atoms with Crippen molar-refractivity contribution in [3.05, 3.63) is 56.5 Å². The predicted molar refractivity (Wildman–Crippen MR) is 123 cm³/mol. The van der Waals surface area contributed by atoms with E-state index in [-0.39, 0.29) is 29.2 Å². The number of hydrogen-bond donors (Lipinski definition) is 1. The number of aromatic nitrogens is 4. The molecule has 1 aliphatic carbocycles. The number of methoxy groups -OCH3 is 1. The molecule has 1 saturated carbocycles. The second kappa shape index (κ2) is 8.94. The van der Waals surface area contributed by atoms with Crippen LogP contribution in [0.3, 0.4) is 0 Å². The third-order valence-corrected chi connectivity index (χ3v) is 6.42. The molecule has 1 N–H and O–H groups in total. The maximum Gasteiger partial charge on any atom is 0.332 e. The summed E-state index contributed by atoms with van der Waals surface area (Å²) in [6, 6.07) is 7.71. The lowest BCUT2D eigenvalue weighted by atomic mass is 10.0. The first-order valence-corrected chi connectivity index (χ1v) is 11.3. The largest absolute Gasteiger partial charge is 0.497 e. The van der Waals surface area contributed by atoms with Crippen LogP contribution in [0.4, 0.5) is 0 Å². The molecule has 1 aliphatic rings. The third-order valence-electron chi connectivity index (χ3n) is 6.42. The minimum absolute atomic E-state index is 0.107. The van der Waals surface area contributed by atoms with Crippen molar-refractivity contribution in [1.82, 2.24) is 18.7 Å². The molecule has 0 spiro atoms. The molecule has 8 nitrogen and oxygen atoms in total. The van der Waals surface area contributed by atoms with Gasteiger partial charge in [-0.05, 0) is 42.4 Å². The number of ether oxygens (including phenoxy) is 1. The summed E-state index contributed by atoms with van der Waals surface area (Å²) in [5, 5.41) is 10.4. The Bertz CT molecular complexity index is 1220. The molecule has 1 fully saturated rings. The van der Waals surface area contributed by atoms with E-state index in [2.05, 4.69) is 0 Å². The first-order chi connectivity index (χ1) is 15.3. The Morgan fingerprint density at radius 1 is 1.16 bits per heavy atom. The molecule has 2 heterocycles. The third kappa shape index (κ3) is 4.11. The van der Waals surface area contributed by atoms with Crippen LogP contribution in [-0.4, -0.2) is 37.0 Å². The van der Waals surface area contributed by atoms with Gasteiger partial charge in [0.05, 0.1) is 13.2 Å². The van der Waals surface area contributed by atoms with Crippen molar-refractivity contribution in [2.45, 2.75) is 58.7 Å². The van der Waals surface area contributed by atoms with Crippen LogP contribution in [0.25, 0.3) is 11.2 Å². The van der Waals surface area contributed by atoms with Crippen molar-refractivity contribution >= 4 is 11.2 Å². The summed E-state index contributed by atoms with van der Waals surface area (Å²) in [7, 11) is 3.15. The maximum absolute atomic E-state index is 13.2. The van der Waals surface area contributed by atoms with Gasteiger partial charge in [0.25, 0.3) is 5.56 Å². The van der Waals surface area contributed by atoms with E-state index in [9.17, 15) is 14.7 Å². The van der Waals surface area contributed by atoms with Gasteiger partial charge in [0.1, 0.15) is 11.6 Å². The van der Waals surface area contributed by atoms with Gasteiger partial charge in [-0.1, -0.05) is 32.4 Å². The summed E-state index contributed by atoms with van der Waals surface area (Å²) in [4.78, 5) is 31.0. The van der Waals surface area contributed by atoms with Crippen LogP contribution < -0.4 is 16.0 Å². The molecule has 2 aromatic heterocycles. The Labute approximate surface area is 187 Å². The van der Waals surface area contributed by atoms with Crippen molar-refractivity contribution in [2.24, 2.45) is 18.9 Å². The van der Waals surface area contributed by atoms with Gasteiger partial charge in [0.15, 0.2) is 11.2 Å². The van der Waals surface area contributed by atoms with Crippen molar-refractivity contribution in [2.75, 3.05) is 7.11 Å². The molecule has 2 atom stereocenters. The number of aliphatic hydroxyl groups is 1. The number of rotatable bonds is 7. The number of aliphatic hydroxyl groups excluding tert-OH is 1. The van der Waals surface area contributed by atoms with Gasteiger partial charge in [0, 0.05) is 26.6 Å². The van der Waals surface area contributed by atoms with Crippen LogP contribution in [0.1, 0.15) is 44.5 Å². The number of nitrogens with zero attached hydrogens (tertiary/aromatic N) is 4. The number of benzene rings is 1. The van der Waals surface area contributed by atoms with E-state index in [4.69, 9.17) is 9.72 Å². The van der Waals surface area contributed by atoms with Crippen LogP contribution in [0.2, 0.25) is 0 Å². The standard InChI is InChI=1S/C24H32N4O4/c1-15(2)13-28-22-21(23(30)26(3)24(28)31)27(14-16-8-10-18(32-4)11-9-16)20(25-22)12-17-6-5-7-19(17)29/h8-11,15,17,19,29H,5-7,12-14H2,1-4H3/t17-,19-/m0/s1. The zero-order valence-corrected chi connectivity index (χ0v) is 19.2. The molecule has 0 amide bonds. The molecule has 3 aromatic rings. The number of fused-ring (bicyclic) bond motifs is 1. The topological polar surface area (TPSA) is 91.3 Å². The van der Waals surface area contributed by atoms with Gasteiger partial charge < -0.3 is 14.4 Å². The highest BCUT2D eigenvalue weighted by atomic mass is 16.5. The normalized spacial score (nSPS) is 18.7. The van der Waals surface area contributed by atoms with Gasteiger partial charge in [-0.2, -0.15) is 0 Å². The van der Waals surface area contributed by atoms with Crippen molar-refractivity contribution in [3.63, 3.8) is 0 Å². The van der Waals surface area contributed by atoms with Crippen LogP contribution in [0.15, 0.2) is 33.9 Å². The molecule has 32 heavy (non-hydrogen) atoms. The minimum atomic E-state index is -0.357. The van der Waals surface area contributed by atoms with Crippen LogP contribution in [0, 0.1) is 11.8 Å². The Balaban J connectivity index is 1.90. The molecule has 0 saturated heterocycles. The highest BCUT2D eigenvalue weighted by Crippen LogP contribution is 2.29. The Kier molecular flexibility index (Phi) is 6.24. The summed E-state index contributed by atoms with van der Waals surface area (Å²) in [6.07, 6.45) is 2.94. The van der Waals surface area contributed by atoms with E-state index in [1.165, 1.54) is 11.6 Å². The summed E-state index contributed by atoms with van der Waals surface area (Å²) in [6.45, 7) is 5.00. The summed E-state index contributed by atoms with van der Waals surface area (Å²) in [5.74, 6) is 1.83. The molecule has 8 heteroatoms. The van der Waals surface area contributed by atoms with Crippen molar-refractivity contribution in [3.8, 4) is 5.75 Å². The minimum Gasteiger partial charge on any atom is -0.497 e. The average molecular weight is 441 g/mol. The van der Waals surface area contributed by atoms with E-state index < -0.39 is 0 Å². The van der Waals surface area contributed by atoms with E-state index in [1.54, 1.807) is 11.7 Å². The molecular weight excluding hydrogens is 408 g/mol. The Morgan fingerprint density at radius 2 is 1.88 bits per heavy atom. The van der Waals surface area contributed by atoms with E-state index in [1.807, 2.05) is 42.7 Å². The molecule has 0 radical (unpaired) electrons. The van der Waals surface area contributed by atoms with Gasteiger partial charge in [-0.25, -0.2) is 9.78 Å². The molecule has 0 bridgehead atoms. The summed E-state index contributed by atoms with van der Waals surface area (Å²) in [5.41, 5.74) is 1.18. The molecule has 4 rings (SSSR count). The molecule has 172 valence electrons. The van der Waals surface area contributed by atoms with Gasteiger partial charge in [-0.3, -0.25) is 13.9 Å². The Hall–Kier alpha value is -2.87. The lowest BCUT2D eigenvalue weighted by Gasteiger charge is -2.16. The highest BCUT2D eigenvalue weighted by Gasteiger charge is 2.29. The Morgan fingerprint density at radius 3 is 2.47 bits per heavy atom. The lowest BCUT2D eigenvalue weighted by molar-refractivity contribution is 0.131. The fourth-order valence-corrected chi connectivity index (χ4v) is 4.66. The van der Waals surface area contributed by atoms with Crippen molar-refractivity contribution < 1.29 is 9.84 Å². The van der Waals surface area contributed by atoms with Gasteiger partial charge in [0.2, 0.25) is 0 Å². The fourth-order valence-electron chi connectivity index (χ4n) is 4.66. The lowest BCUT2D eigenvalue weighted by Crippen LogP contribution is -2.39. The molecule has 0 unspecified atom stereocenters. The van der Waals surface area contributed by atoms with Crippen molar-refractivity contribution in [1.29, 1.82) is 0 Å². The SMILES string of the molecule is COc1ccc(Cn2c(C[C@@H]3CCC[C@@H]3O)nc3c2c(=O)n(C)c(=O)n3CC(C)C)cc1.